The van der Waals surface area contributed by atoms with Crippen LogP contribution in [0.15, 0.2) is 4.79 Å². The Labute approximate surface area is 69.7 Å². The molecule has 0 aromatic carbocycles. The number of hydrogen-bond acceptors (Lipinski definition) is 2. The van der Waals surface area contributed by atoms with Crippen molar-refractivity contribution in [1.29, 1.82) is 5.41 Å². The Hall–Kier alpha value is -1.52. The molecule has 1 rings (SSSR count). The van der Waals surface area contributed by atoms with Crippen LogP contribution in [0.4, 0.5) is 0 Å². The van der Waals surface area contributed by atoms with Crippen molar-refractivity contribution in [3.8, 4) is 0 Å². The topological polar surface area (TPSA) is 87.7 Å². The Morgan fingerprint density at radius 2 is 2.33 bits per heavy atom. The Morgan fingerprint density at radius 3 is 2.67 bits per heavy atom. The minimum Gasteiger partial charge on any atom is -0.383 e. The van der Waals surface area contributed by atoms with Gasteiger partial charge in [-0.1, -0.05) is 6.92 Å². The van der Waals surface area contributed by atoms with Crippen LogP contribution in [-0.2, 0) is 13.5 Å². The molecule has 5 heteroatoms. The Bertz CT molecular complexity index is 360. The summed E-state index contributed by atoms with van der Waals surface area (Å²) in [5, 5.41) is 10.0. The molecule has 0 atom stereocenters. The summed E-state index contributed by atoms with van der Waals surface area (Å²) in [5.74, 6) is -0.172. The second-order valence-corrected chi connectivity index (χ2v) is 2.60. The van der Waals surface area contributed by atoms with Crippen molar-refractivity contribution in [2.75, 3.05) is 0 Å². The molecule has 0 radical (unpaired) electrons. The lowest BCUT2D eigenvalue weighted by atomic mass is 10.2. The summed E-state index contributed by atoms with van der Waals surface area (Å²) in [7, 11) is 1.61. The second kappa shape index (κ2) is 2.84. The van der Waals surface area contributed by atoms with Gasteiger partial charge in [-0.15, -0.1) is 0 Å². The first-order valence-electron chi connectivity index (χ1n) is 3.70. The van der Waals surface area contributed by atoms with Crippen LogP contribution in [0.3, 0.4) is 0 Å². The van der Waals surface area contributed by atoms with Gasteiger partial charge in [-0.3, -0.25) is 20.0 Å². The van der Waals surface area contributed by atoms with Gasteiger partial charge in [0.25, 0.3) is 5.56 Å². The van der Waals surface area contributed by atoms with E-state index in [9.17, 15) is 4.79 Å². The lowest BCUT2D eigenvalue weighted by molar-refractivity contribution is 0.722. The third kappa shape index (κ3) is 1.13. The number of aromatic nitrogens is 2. The molecule has 66 valence electrons. The summed E-state index contributed by atoms with van der Waals surface area (Å²) >= 11 is 0. The average Bonchev–Trinajstić information content (AvgIpc) is 2.28. The molecule has 0 aliphatic carbocycles. The maximum Gasteiger partial charge on any atom is 0.277 e. The van der Waals surface area contributed by atoms with Gasteiger partial charge >= 0.3 is 0 Å². The third-order valence-electron chi connectivity index (χ3n) is 1.75. The summed E-state index contributed by atoms with van der Waals surface area (Å²) < 4.78 is 1.33. The Kier molecular flexibility index (Phi) is 2.03. The summed E-state index contributed by atoms with van der Waals surface area (Å²) in [4.78, 5) is 11.3. The molecule has 0 amide bonds. The minimum absolute atomic E-state index is 0.172. The maximum atomic E-state index is 11.3. The van der Waals surface area contributed by atoms with E-state index in [1.54, 1.807) is 7.05 Å². The number of aromatic amines is 1. The summed E-state index contributed by atoms with van der Waals surface area (Å²) in [5.41, 5.74) is 6.03. The van der Waals surface area contributed by atoms with Crippen molar-refractivity contribution in [3.63, 3.8) is 0 Å². The standard InChI is InChI=1S/C7H12N4O/c1-3-4-5(6(8)9)7(12)11(2)10-4/h10H,3H2,1-2H3,(H3,8,9). The molecule has 0 aliphatic heterocycles. The van der Waals surface area contributed by atoms with E-state index in [0.717, 1.165) is 5.69 Å². The molecule has 12 heavy (non-hydrogen) atoms. The Morgan fingerprint density at radius 1 is 1.75 bits per heavy atom. The number of hydrogen-bond donors (Lipinski definition) is 3. The van der Waals surface area contributed by atoms with Gasteiger partial charge in [0, 0.05) is 12.7 Å². The molecule has 0 fully saturated rings. The zero-order chi connectivity index (χ0) is 9.30. The number of nitrogen functional groups attached to an aromatic ring is 1. The van der Waals surface area contributed by atoms with Gasteiger partial charge in [0.05, 0.1) is 0 Å². The quantitative estimate of drug-likeness (QED) is 0.413. The molecule has 0 bridgehead atoms. The number of nitrogens with one attached hydrogen (secondary N) is 2. The van der Waals surface area contributed by atoms with Gasteiger partial charge in [-0.05, 0) is 6.42 Å². The highest BCUT2D eigenvalue weighted by atomic mass is 16.1. The molecule has 0 saturated heterocycles. The van der Waals surface area contributed by atoms with Crippen molar-refractivity contribution in [1.82, 2.24) is 9.78 Å². The predicted molar refractivity (Wildman–Crippen MR) is 46.4 cm³/mol. The van der Waals surface area contributed by atoms with Crippen LogP contribution in [0.5, 0.6) is 0 Å². The maximum absolute atomic E-state index is 11.3. The normalized spacial score (nSPS) is 10.2. The van der Waals surface area contributed by atoms with Gasteiger partial charge in [-0.2, -0.15) is 0 Å². The molecule has 0 spiro atoms. The number of aryl methyl sites for hydroxylation is 2. The van der Waals surface area contributed by atoms with Crippen molar-refractivity contribution >= 4 is 5.84 Å². The van der Waals surface area contributed by atoms with Crippen LogP contribution >= 0.6 is 0 Å². The molecular weight excluding hydrogens is 156 g/mol. The average molecular weight is 168 g/mol. The summed E-state index contributed by atoms with van der Waals surface area (Å²) in [6.45, 7) is 1.90. The van der Waals surface area contributed by atoms with Crippen LogP contribution in [-0.4, -0.2) is 15.6 Å². The van der Waals surface area contributed by atoms with Crippen molar-refractivity contribution in [2.24, 2.45) is 12.8 Å². The summed E-state index contributed by atoms with van der Waals surface area (Å²) in [6, 6.07) is 0. The first kappa shape index (κ1) is 8.58. The van der Waals surface area contributed by atoms with Crippen molar-refractivity contribution < 1.29 is 0 Å². The highest BCUT2D eigenvalue weighted by Gasteiger charge is 2.12. The molecule has 0 aliphatic rings. The first-order valence-corrected chi connectivity index (χ1v) is 3.70. The van der Waals surface area contributed by atoms with Crippen molar-refractivity contribution in [3.05, 3.63) is 21.6 Å². The van der Waals surface area contributed by atoms with Gasteiger partial charge < -0.3 is 5.73 Å². The van der Waals surface area contributed by atoms with Gasteiger partial charge in [-0.25, -0.2) is 0 Å². The van der Waals surface area contributed by atoms with E-state index >= 15 is 0 Å². The van der Waals surface area contributed by atoms with Crippen LogP contribution in [0.25, 0.3) is 0 Å². The fraction of sp³-hybridized carbons (Fsp3) is 0.429. The highest BCUT2D eigenvalue weighted by molar-refractivity contribution is 5.95. The molecule has 5 nitrogen and oxygen atoms in total. The van der Waals surface area contributed by atoms with Crippen LogP contribution < -0.4 is 11.3 Å². The largest absolute Gasteiger partial charge is 0.383 e. The molecular formula is C7H12N4O. The number of nitrogens with zero attached hydrogens (tertiary/aromatic N) is 1. The monoisotopic (exact) mass is 168 g/mol. The molecule has 0 unspecified atom stereocenters. The highest BCUT2D eigenvalue weighted by Crippen LogP contribution is 1.99. The molecule has 0 saturated carbocycles. The zero-order valence-electron chi connectivity index (χ0n) is 7.14. The number of nitrogens with two attached hydrogens (primary N) is 1. The van der Waals surface area contributed by atoms with Crippen LogP contribution in [0, 0.1) is 5.41 Å². The van der Waals surface area contributed by atoms with E-state index in [0.29, 0.717) is 12.0 Å². The first-order chi connectivity index (χ1) is 5.57. The van der Waals surface area contributed by atoms with E-state index in [-0.39, 0.29) is 11.4 Å². The van der Waals surface area contributed by atoms with E-state index in [4.69, 9.17) is 11.1 Å². The molecule has 4 N–H and O–H groups in total. The predicted octanol–water partition coefficient (Wildman–Crippen LogP) is -0.440. The fourth-order valence-electron chi connectivity index (χ4n) is 1.14. The summed E-state index contributed by atoms with van der Waals surface area (Å²) in [6.07, 6.45) is 0.672. The van der Waals surface area contributed by atoms with E-state index in [2.05, 4.69) is 5.10 Å². The fourth-order valence-corrected chi connectivity index (χ4v) is 1.14. The number of H-pyrrole nitrogens is 1. The van der Waals surface area contributed by atoms with E-state index in [1.165, 1.54) is 4.68 Å². The lowest BCUT2D eigenvalue weighted by Gasteiger charge is -1.93. The van der Waals surface area contributed by atoms with E-state index in [1.807, 2.05) is 6.92 Å². The SMILES string of the molecule is CCc1[nH]n(C)c(=O)c1C(=N)N. The Balaban J connectivity index is 3.41. The zero-order valence-corrected chi connectivity index (χ0v) is 7.14. The third-order valence-corrected chi connectivity index (χ3v) is 1.75. The van der Waals surface area contributed by atoms with Crippen molar-refractivity contribution in [2.45, 2.75) is 13.3 Å². The smallest absolute Gasteiger partial charge is 0.277 e. The molecule has 1 heterocycles. The van der Waals surface area contributed by atoms with Gasteiger partial charge in [0.2, 0.25) is 0 Å². The van der Waals surface area contributed by atoms with E-state index < -0.39 is 0 Å². The van der Waals surface area contributed by atoms with Crippen LogP contribution in [0.2, 0.25) is 0 Å². The van der Waals surface area contributed by atoms with Crippen LogP contribution in [0.1, 0.15) is 18.2 Å². The minimum atomic E-state index is -0.237. The number of amidine groups is 1. The molecule has 1 aromatic rings. The second-order valence-electron chi connectivity index (χ2n) is 2.60. The van der Waals surface area contributed by atoms with Gasteiger partial charge in [0.15, 0.2) is 0 Å². The van der Waals surface area contributed by atoms with Gasteiger partial charge in [0.1, 0.15) is 11.4 Å². The molecule has 1 aromatic heterocycles. The number of rotatable bonds is 2. The lowest BCUT2D eigenvalue weighted by Crippen LogP contribution is -2.24.